The second kappa shape index (κ2) is 6.71. The lowest BCUT2D eigenvalue weighted by Crippen LogP contribution is -2.59. The lowest BCUT2D eigenvalue weighted by atomic mass is 9.89. The molecule has 2 aliphatic heterocycles. The molecule has 2 N–H and O–H groups in total. The maximum atomic E-state index is 12.5. The van der Waals surface area contributed by atoms with Gasteiger partial charge in [-0.2, -0.15) is 0 Å². The van der Waals surface area contributed by atoms with Crippen LogP contribution >= 0.6 is 0 Å². The first-order valence-electron chi connectivity index (χ1n) is 7.83. The number of nitrogens with zero attached hydrogens (tertiary/aromatic N) is 1. The fourth-order valence-electron chi connectivity index (χ4n) is 3.19. The Balaban J connectivity index is 1.85. The zero-order valence-corrected chi connectivity index (χ0v) is 12.6. The summed E-state index contributed by atoms with van der Waals surface area (Å²) in [6.45, 7) is 10.3. The minimum atomic E-state index is -0.0215. The first-order chi connectivity index (χ1) is 9.08. The molecule has 0 spiro atoms. The summed E-state index contributed by atoms with van der Waals surface area (Å²) in [5, 5.41) is 6.75. The number of carbonyl (C=O) groups is 1. The quantitative estimate of drug-likeness (QED) is 0.791. The molecule has 2 rings (SSSR count). The fourth-order valence-corrected chi connectivity index (χ4v) is 3.19. The van der Waals surface area contributed by atoms with E-state index in [1.54, 1.807) is 0 Å². The van der Waals surface area contributed by atoms with Gasteiger partial charge in [0, 0.05) is 32.2 Å². The molecule has 4 nitrogen and oxygen atoms in total. The van der Waals surface area contributed by atoms with Crippen LogP contribution in [-0.4, -0.2) is 49.1 Å². The number of amides is 1. The summed E-state index contributed by atoms with van der Waals surface area (Å²) >= 11 is 0. The largest absolute Gasteiger partial charge is 0.341 e. The molecule has 0 aromatic rings. The van der Waals surface area contributed by atoms with Gasteiger partial charge in [-0.25, -0.2) is 0 Å². The van der Waals surface area contributed by atoms with Gasteiger partial charge < -0.3 is 15.5 Å². The van der Waals surface area contributed by atoms with Gasteiger partial charge in [0.05, 0.1) is 6.04 Å². The van der Waals surface area contributed by atoms with Gasteiger partial charge in [-0.1, -0.05) is 13.8 Å². The van der Waals surface area contributed by atoms with Gasteiger partial charge in [0.25, 0.3) is 0 Å². The molecule has 2 saturated heterocycles. The van der Waals surface area contributed by atoms with Crippen LogP contribution in [0.2, 0.25) is 0 Å². The third kappa shape index (κ3) is 3.93. The van der Waals surface area contributed by atoms with Crippen LogP contribution in [0.3, 0.4) is 0 Å². The van der Waals surface area contributed by atoms with Crippen molar-refractivity contribution in [1.29, 1.82) is 0 Å². The summed E-state index contributed by atoms with van der Waals surface area (Å²) in [5.74, 6) is 1.82. The minimum Gasteiger partial charge on any atom is -0.341 e. The van der Waals surface area contributed by atoms with E-state index in [1.165, 1.54) is 12.8 Å². The highest BCUT2D eigenvalue weighted by atomic mass is 16.2. The number of carbonyl (C=O) groups excluding carboxylic acids is 1. The average molecular weight is 267 g/mol. The molecule has 0 saturated carbocycles. The molecule has 3 unspecified atom stereocenters. The predicted octanol–water partition coefficient (Wildman–Crippen LogP) is 1.22. The first kappa shape index (κ1) is 14.8. The van der Waals surface area contributed by atoms with Crippen molar-refractivity contribution in [1.82, 2.24) is 15.5 Å². The molecule has 2 fully saturated rings. The molecular formula is C15H29N3O. The van der Waals surface area contributed by atoms with E-state index in [4.69, 9.17) is 0 Å². The topological polar surface area (TPSA) is 44.4 Å². The molecule has 0 aliphatic carbocycles. The SMILES string of the molecule is CC1CNC(C(=O)N2CCCC(C(C)C)CC2)CN1. The number of rotatable bonds is 2. The van der Waals surface area contributed by atoms with Crippen LogP contribution in [0.25, 0.3) is 0 Å². The summed E-state index contributed by atoms with van der Waals surface area (Å²) in [6.07, 6.45) is 3.60. The molecule has 0 radical (unpaired) electrons. The highest BCUT2D eigenvalue weighted by Crippen LogP contribution is 2.24. The van der Waals surface area contributed by atoms with E-state index in [-0.39, 0.29) is 6.04 Å². The summed E-state index contributed by atoms with van der Waals surface area (Å²) < 4.78 is 0. The van der Waals surface area contributed by atoms with Gasteiger partial charge in [0.1, 0.15) is 0 Å². The fraction of sp³-hybridized carbons (Fsp3) is 0.933. The van der Waals surface area contributed by atoms with E-state index in [2.05, 4.69) is 36.3 Å². The van der Waals surface area contributed by atoms with Crippen LogP contribution in [0, 0.1) is 11.8 Å². The van der Waals surface area contributed by atoms with E-state index in [0.717, 1.165) is 44.4 Å². The predicted molar refractivity (Wildman–Crippen MR) is 78.0 cm³/mol. The molecule has 0 aromatic carbocycles. The van der Waals surface area contributed by atoms with Crippen molar-refractivity contribution < 1.29 is 4.79 Å². The molecular weight excluding hydrogens is 238 g/mol. The Morgan fingerprint density at radius 3 is 2.58 bits per heavy atom. The number of piperazine rings is 1. The van der Waals surface area contributed by atoms with E-state index in [0.29, 0.717) is 11.9 Å². The second-order valence-electron chi connectivity index (χ2n) is 6.53. The number of hydrogen-bond donors (Lipinski definition) is 2. The number of hydrogen-bond acceptors (Lipinski definition) is 3. The van der Waals surface area contributed by atoms with Crippen molar-refractivity contribution in [2.75, 3.05) is 26.2 Å². The Kier molecular flexibility index (Phi) is 5.22. The van der Waals surface area contributed by atoms with Crippen molar-refractivity contribution in [3.63, 3.8) is 0 Å². The van der Waals surface area contributed by atoms with Gasteiger partial charge in [-0.15, -0.1) is 0 Å². The lowest BCUT2D eigenvalue weighted by Gasteiger charge is -2.32. The molecule has 110 valence electrons. The first-order valence-corrected chi connectivity index (χ1v) is 7.83. The van der Waals surface area contributed by atoms with Gasteiger partial charge in [-0.3, -0.25) is 4.79 Å². The van der Waals surface area contributed by atoms with Crippen LogP contribution in [0.1, 0.15) is 40.0 Å². The van der Waals surface area contributed by atoms with Crippen LogP contribution in [0.15, 0.2) is 0 Å². The van der Waals surface area contributed by atoms with E-state index >= 15 is 0 Å². The van der Waals surface area contributed by atoms with Gasteiger partial charge in [0.15, 0.2) is 0 Å². The molecule has 4 heteroatoms. The van der Waals surface area contributed by atoms with Crippen LogP contribution < -0.4 is 10.6 Å². The summed E-state index contributed by atoms with van der Waals surface area (Å²) in [7, 11) is 0. The second-order valence-corrected chi connectivity index (χ2v) is 6.53. The highest BCUT2D eigenvalue weighted by Gasteiger charge is 2.29. The monoisotopic (exact) mass is 267 g/mol. The third-order valence-corrected chi connectivity index (χ3v) is 4.67. The number of likely N-dealkylation sites (tertiary alicyclic amines) is 1. The van der Waals surface area contributed by atoms with Gasteiger partial charge in [-0.05, 0) is 38.0 Å². The van der Waals surface area contributed by atoms with Gasteiger partial charge in [0.2, 0.25) is 5.91 Å². The molecule has 1 amide bonds. The Morgan fingerprint density at radius 1 is 1.16 bits per heavy atom. The molecule has 0 aromatic heterocycles. The van der Waals surface area contributed by atoms with Crippen molar-refractivity contribution in [3.8, 4) is 0 Å². The summed E-state index contributed by atoms with van der Waals surface area (Å²) in [5.41, 5.74) is 0. The van der Waals surface area contributed by atoms with Gasteiger partial charge >= 0.3 is 0 Å². The molecule has 3 atom stereocenters. The van der Waals surface area contributed by atoms with Crippen molar-refractivity contribution in [2.45, 2.75) is 52.1 Å². The third-order valence-electron chi connectivity index (χ3n) is 4.67. The van der Waals surface area contributed by atoms with E-state index in [9.17, 15) is 4.79 Å². The standard InChI is InChI=1S/C15H29N3O/c1-11(2)13-5-4-7-18(8-6-13)15(19)14-10-16-12(3)9-17-14/h11-14,16-17H,4-10H2,1-3H3. The number of nitrogens with one attached hydrogen (secondary N) is 2. The normalized spacial score (nSPS) is 33.3. The summed E-state index contributed by atoms with van der Waals surface area (Å²) in [4.78, 5) is 14.6. The minimum absolute atomic E-state index is 0.0215. The van der Waals surface area contributed by atoms with Crippen LogP contribution in [0.4, 0.5) is 0 Å². The molecule has 2 heterocycles. The molecule has 19 heavy (non-hydrogen) atoms. The van der Waals surface area contributed by atoms with E-state index < -0.39 is 0 Å². The lowest BCUT2D eigenvalue weighted by molar-refractivity contribution is -0.133. The van der Waals surface area contributed by atoms with Crippen molar-refractivity contribution in [3.05, 3.63) is 0 Å². The highest BCUT2D eigenvalue weighted by molar-refractivity contribution is 5.82. The average Bonchev–Trinajstić information content (AvgIpc) is 2.64. The van der Waals surface area contributed by atoms with E-state index in [1.807, 2.05) is 0 Å². The Morgan fingerprint density at radius 2 is 1.95 bits per heavy atom. The van der Waals surface area contributed by atoms with Crippen LogP contribution in [0.5, 0.6) is 0 Å². The Labute approximate surface area is 117 Å². The summed E-state index contributed by atoms with van der Waals surface area (Å²) in [6, 6.07) is 0.449. The zero-order chi connectivity index (χ0) is 13.8. The maximum absolute atomic E-state index is 12.5. The molecule has 2 aliphatic rings. The molecule has 0 bridgehead atoms. The van der Waals surface area contributed by atoms with Crippen LogP contribution in [-0.2, 0) is 4.79 Å². The maximum Gasteiger partial charge on any atom is 0.241 e. The Bertz CT molecular complexity index is 298. The van der Waals surface area contributed by atoms with Crippen molar-refractivity contribution >= 4 is 5.91 Å². The smallest absolute Gasteiger partial charge is 0.241 e. The zero-order valence-electron chi connectivity index (χ0n) is 12.6. The Hall–Kier alpha value is -0.610. The van der Waals surface area contributed by atoms with Crippen molar-refractivity contribution in [2.24, 2.45) is 11.8 Å².